The highest BCUT2D eigenvalue weighted by molar-refractivity contribution is 5.71. The molecule has 5 nitrogen and oxygen atoms in total. The Morgan fingerprint density at radius 3 is 2.53 bits per heavy atom. The smallest absolute Gasteiger partial charge is 0.410 e. The minimum atomic E-state index is -0.734. The average Bonchev–Trinajstić information content (AvgIpc) is 2.43. The predicted octanol–water partition coefficient (Wildman–Crippen LogP) is 1.08. The lowest BCUT2D eigenvalue weighted by Gasteiger charge is -2.33. The van der Waals surface area contributed by atoms with Crippen LogP contribution in [-0.2, 0) is 9.53 Å². The number of nitrogens with zero attached hydrogens (tertiary/aromatic N) is 1. The number of aliphatic carboxylic acids is 1. The van der Waals surface area contributed by atoms with Gasteiger partial charge in [0.15, 0.2) is 0 Å². The molecule has 1 amide bonds. The summed E-state index contributed by atoms with van der Waals surface area (Å²) in [5, 5.41) is 8.86. The molecule has 0 aromatic heterocycles. The van der Waals surface area contributed by atoms with E-state index < -0.39 is 11.6 Å². The summed E-state index contributed by atoms with van der Waals surface area (Å²) in [5.41, 5.74) is -0.405. The molecule has 1 saturated heterocycles. The molecule has 2 fully saturated rings. The van der Waals surface area contributed by atoms with E-state index >= 15 is 0 Å². The quantitative estimate of drug-likeness (QED) is 0.707. The first-order valence-corrected chi connectivity index (χ1v) is 5.19. The fraction of sp³-hybridized carbons (Fsp3) is 0.800. The molecule has 0 unspecified atom stereocenters. The van der Waals surface area contributed by atoms with E-state index in [9.17, 15) is 9.59 Å². The van der Waals surface area contributed by atoms with Gasteiger partial charge in [0.05, 0.1) is 12.5 Å². The van der Waals surface area contributed by atoms with Gasteiger partial charge in [0.1, 0.15) is 5.60 Å². The van der Waals surface area contributed by atoms with Gasteiger partial charge in [-0.1, -0.05) is 0 Å². The Labute approximate surface area is 88.0 Å². The number of carbonyl (C=O) groups excluding carboxylic acids is 1. The molecule has 1 aliphatic heterocycles. The number of hydrogen-bond acceptors (Lipinski definition) is 3. The van der Waals surface area contributed by atoms with E-state index in [4.69, 9.17) is 9.84 Å². The zero-order valence-electron chi connectivity index (χ0n) is 8.73. The molecule has 15 heavy (non-hydrogen) atoms. The molecule has 1 saturated carbocycles. The third kappa shape index (κ3) is 1.78. The number of carboxylic acids is 1. The summed E-state index contributed by atoms with van der Waals surface area (Å²) in [4.78, 5) is 23.6. The summed E-state index contributed by atoms with van der Waals surface area (Å²) in [5.74, 6) is -0.997. The Bertz CT molecular complexity index is 294. The second-order valence-corrected chi connectivity index (χ2v) is 4.52. The van der Waals surface area contributed by atoms with Crippen molar-refractivity contribution in [2.75, 3.05) is 13.6 Å². The Morgan fingerprint density at radius 1 is 1.53 bits per heavy atom. The van der Waals surface area contributed by atoms with E-state index in [1.807, 2.05) is 0 Å². The number of hydrogen-bond donors (Lipinski definition) is 1. The monoisotopic (exact) mass is 213 g/mol. The molecule has 2 rings (SSSR count). The van der Waals surface area contributed by atoms with Crippen molar-refractivity contribution >= 4 is 12.1 Å². The fourth-order valence-electron chi connectivity index (χ4n) is 2.44. The van der Waals surface area contributed by atoms with Gasteiger partial charge in [0.25, 0.3) is 0 Å². The van der Waals surface area contributed by atoms with Crippen LogP contribution >= 0.6 is 0 Å². The largest absolute Gasteiger partial charge is 0.481 e. The number of carboxylic acid groups (broad SMARTS) is 1. The maximum Gasteiger partial charge on any atom is 0.410 e. The molecule has 1 spiro atoms. The van der Waals surface area contributed by atoms with Crippen molar-refractivity contribution in [1.29, 1.82) is 0 Å². The zero-order valence-corrected chi connectivity index (χ0v) is 8.73. The van der Waals surface area contributed by atoms with Gasteiger partial charge in [0, 0.05) is 7.05 Å². The molecule has 0 radical (unpaired) electrons. The van der Waals surface area contributed by atoms with Crippen molar-refractivity contribution in [3.63, 3.8) is 0 Å². The summed E-state index contributed by atoms with van der Waals surface area (Å²) < 4.78 is 5.32. The minimum absolute atomic E-state index is 0.264. The van der Waals surface area contributed by atoms with Crippen molar-refractivity contribution in [2.45, 2.75) is 31.3 Å². The van der Waals surface area contributed by atoms with E-state index in [0.717, 1.165) is 0 Å². The molecule has 1 N–H and O–H groups in total. The third-order valence-electron chi connectivity index (χ3n) is 3.39. The maximum absolute atomic E-state index is 11.3. The highest BCUT2D eigenvalue weighted by Gasteiger charge is 2.46. The summed E-state index contributed by atoms with van der Waals surface area (Å²) in [7, 11) is 1.71. The van der Waals surface area contributed by atoms with Gasteiger partial charge < -0.3 is 14.7 Å². The van der Waals surface area contributed by atoms with Crippen LogP contribution in [0.1, 0.15) is 25.7 Å². The molecular formula is C10H15NO4. The summed E-state index contributed by atoms with van der Waals surface area (Å²) >= 11 is 0. The molecule has 0 aromatic rings. The third-order valence-corrected chi connectivity index (χ3v) is 3.39. The van der Waals surface area contributed by atoms with Crippen LogP contribution in [0.15, 0.2) is 0 Å². The van der Waals surface area contributed by atoms with Gasteiger partial charge in [-0.3, -0.25) is 4.79 Å². The van der Waals surface area contributed by atoms with Crippen molar-refractivity contribution < 1.29 is 19.4 Å². The second-order valence-electron chi connectivity index (χ2n) is 4.52. The van der Waals surface area contributed by atoms with Crippen LogP contribution in [0.2, 0.25) is 0 Å². The lowest BCUT2D eigenvalue weighted by Crippen LogP contribution is -2.39. The first-order valence-electron chi connectivity index (χ1n) is 5.19. The van der Waals surface area contributed by atoms with E-state index in [-0.39, 0.29) is 12.0 Å². The minimum Gasteiger partial charge on any atom is -0.481 e. The summed E-state index contributed by atoms with van der Waals surface area (Å²) in [6.07, 6.45) is 2.26. The molecular weight excluding hydrogens is 198 g/mol. The van der Waals surface area contributed by atoms with Crippen LogP contribution < -0.4 is 0 Å². The predicted molar refractivity (Wildman–Crippen MR) is 51.4 cm³/mol. The Kier molecular flexibility index (Phi) is 2.32. The summed E-state index contributed by atoms with van der Waals surface area (Å²) in [6.45, 7) is 0.595. The molecule has 0 bridgehead atoms. The van der Waals surface area contributed by atoms with Crippen LogP contribution in [0.3, 0.4) is 0 Å². The lowest BCUT2D eigenvalue weighted by molar-refractivity contribution is -0.144. The van der Waals surface area contributed by atoms with Crippen LogP contribution in [0.25, 0.3) is 0 Å². The van der Waals surface area contributed by atoms with Gasteiger partial charge in [-0.15, -0.1) is 0 Å². The second kappa shape index (κ2) is 3.40. The number of likely N-dealkylation sites (N-methyl/N-ethyl adjacent to an activating group) is 1. The van der Waals surface area contributed by atoms with Crippen molar-refractivity contribution in [3.05, 3.63) is 0 Å². The van der Waals surface area contributed by atoms with Crippen LogP contribution in [0.5, 0.6) is 0 Å². The molecule has 2 aliphatic rings. The highest BCUT2D eigenvalue weighted by Crippen LogP contribution is 2.38. The fourth-order valence-corrected chi connectivity index (χ4v) is 2.44. The molecule has 0 aromatic carbocycles. The number of amides is 1. The highest BCUT2D eigenvalue weighted by atomic mass is 16.6. The van der Waals surface area contributed by atoms with Crippen LogP contribution in [-0.4, -0.2) is 41.3 Å². The number of ether oxygens (including phenoxy) is 1. The van der Waals surface area contributed by atoms with Crippen LogP contribution in [0.4, 0.5) is 4.79 Å². The van der Waals surface area contributed by atoms with E-state index in [1.165, 1.54) is 0 Å². The first kappa shape index (κ1) is 10.3. The Balaban J connectivity index is 1.99. The molecule has 5 heteroatoms. The Hall–Kier alpha value is -1.26. The average molecular weight is 213 g/mol. The summed E-state index contributed by atoms with van der Waals surface area (Å²) in [6, 6.07) is 0. The number of carbonyl (C=O) groups is 2. The SMILES string of the molecule is CN1CC2(CCC(C(=O)O)CC2)OC1=O. The lowest BCUT2D eigenvalue weighted by atomic mass is 9.79. The van der Waals surface area contributed by atoms with Gasteiger partial charge in [-0.2, -0.15) is 0 Å². The van der Waals surface area contributed by atoms with Gasteiger partial charge in [-0.05, 0) is 25.7 Å². The van der Waals surface area contributed by atoms with E-state index in [2.05, 4.69) is 0 Å². The van der Waals surface area contributed by atoms with Gasteiger partial charge in [-0.25, -0.2) is 4.79 Å². The Morgan fingerprint density at radius 2 is 2.13 bits per heavy atom. The van der Waals surface area contributed by atoms with E-state index in [1.54, 1.807) is 11.9 Å². The topological polar surface area (TPSA) is 66.8 Å². The molecule has 0 atom stereocenters. The maximum atomic E-state index is 11.3. The van der Waals surface area contributed by atoms with E-state index in [0.29, 0.717) is 32.2 Å². The van der Waals surface area contributed by atoms with Crippen molar-refractivity contribution in [1.82, 2.24) is 4.90 Å². The number of rotatable bonds is 1. The molecule has 1 heterocycles. The molecule has 1 aliphatic carbocycles. The van der Waals surface area contributed by atoms with Gasteiger partial charge >= 0.3 is 12.1 Å². The normalized spacial score (nSPS) is 35.7. The van der Waals surface area contributed by atoms with Crippen molar-refractivity contribution in [3.8, 4) is 0 Å². The molecule has 84 valence electrons. The van der Waals surface area contributed by atoms with Crippen LogP contribution in [0, 0.1) is 5.92 Å². The van der Waals surface area contributed by atoms with Gasteiger partial charge in [0.2, 0.25) is 0 Å². The zero-order chi connectivity index (χ0) is 11.1. The first-order chi connectivity index (χ1) is 7.02. The van der Waals surface area contributed by atoms with Crippen molar-refractivity contribution in [2.24, 2.45) is 5.92 Å². The standard InChI is InChI=1S/C10H15NO4/c1-11-6-10(15-9(11)14)4-2-7(3-5-10)8(12)13/h7H,2-6H2,1H3,(H,12,13).